The van der Waals surface area contributed by atoms with Crippen molar-refractivity contribution in [3.63, 3.8) is 0 Å². The van der Waals surface area contributed by atoms with E-state index < -0.39 is 0 Å². The van der Waals surface area contributed by atoms with Crippen molar-refractivity contribution in [2.45, 2.75) is 12.8 Å². The molecule has 0 fully saturated rings. The fourth-order valence-corrected chi connectivity index (χ4v) is 1.57. The predicted octanol–water partition coefficient (Wildman–Crippen LogP) is 3.27. The van der Waals surface area contributed by atoms with Gasteiger partial charge in [-0.3, -0.25) is 0 Å². The van der Waals surface area contributed by atoms with E-state index in [1.165, 1.54) is 0 Å². The molecule has 1 N–H and O–H groups in total. The summed E-state index contributed by atoms with van der Waals surface area (Å²) < 4.78 is 0. The van der Waals surface area contributed by atoms with Crippen LogP contribution in [0.1, 0.15) is 11.4 Å². The first-order chi connectivity index (χ1) is 7.78. The number of anilines is 2. The van der Waals surface area contributed by atoms with Crippen LogP contribution < -0.4 is 5.32 Å². The number of aryl methyl sites for hydroxylation is 1. The van der Waals surface area contributed by atoms with E-state index in [9.17, 15) is 0 Å². The molecule has 0 bridgehead atoms. The van der Waals surface area contributed by atoms with Gasteiger partial charge < -0.3 is 5.32 Å². The summed E-state index contributed by atoms with van der Waals surface area (Å²) in [5.41, 5.74) is 2.06. The summed E-state index contributed by atoms with van der Waals surface area (Å²) >= 11 is 5.77. The molecule has 2 aromatic rings. The Labute approximate surface area is 99.5 Å². The first-order valence-corrected chi connectivity index (χ1v) is 5.53. The minimum absolute atomic E-state index is 0.512. The average molecular weight is 234 g/mol. The number of benzene rings is 1. The molecular formula is C12H12ClN3. The lowest BCUT2D eigenvalue weighted by Crippen LogP contribution is -1.96. The van der Waals surface area contributed by atoms with Crippen LogP contribution in [0.5, 0.6) is 0 Å². The quantitative estimate of drug-likeness (QED) is 0.827. The van der Waals surface area contributed by atoms with Crippen molar-refractivity contribution in [3.05, 3.63) is 47.9 Å². The molecule has 3 nitrogen and oxygen atoms in total. The minimum Gasteiger partial charge on any atom is -0.340 e. The van der Waals surface area contributed by atoms with Crippen LogP contribution in [0.3, 0.4) is 0 Å². The first-order valence-electron chi connectivity index (χ1n) is 4.99. The third-order valence-electron chi connectivity index (χ3n) is 2.13. The van der Waals surface area contributed by atoms with Gasteiger partial charge >= 0.3 is 0 Å². The highest BCUT2D eigenvalue weighted by atomic mass is 35.5. The normalized spacial score (nSPS) is 10.1. The molecule has 82 valence electrons. The maximum atomic E-state index is 5.77. The van der Waals surface area contributed by atoms with Crippen LogP contribution in [0.25, 0.3) is 0 Å². The van der Waals surface area contributed by atoms with E-state index in [0.29, 0.717) is 5.88 Å². The van der Waals surface area contributed by atoms with Gasteiger partial charge in [0.25, 0.3) is 0 Å². The summed E-state index contributed by atoms with van der Waals surface area (Å²) in [5.74, 6) is 2.05. The van der Waals surface area contributed by atoms with Gasteiger partial charge in [-0.15, -0.1) is 11.6 Å². The van der Waals surface area contributed by atoms with Crippen molar-refractivity contribution in [1.29, 1.82) is 0 Å². The maximum absolute atomic E-state index is 5.77. The summed E-state index contributed by atoms with van der Waals surface area (Å²) in [5, 5.41) is 3.21. The number of alkyl halides is 1. The van der Waals surface area contributed by atoms with Crippen molar-refractivity contribution in [2.24, 2.45) is 0 Å². The fraction of sp³-hybridized carbons (Fsp3) is 0.167. The van der Waals surface area contributed by atoms with Crippen LogP contribution in [0, 0.1) is 6.92 Å². The minimum atomic E-state index is 0.512. The standard InChI is InChI=1S/C12H12ClN3/c1-9-14-6-5-12(15-9)16-11-4-2-3-10(7-11)8-13/h2-7H,8H2,1H3,(H,14,15,16). The molecule has 4 heteroatoms. The van der Waals surface area contributed by atoms with Crippen molar-refractivity contribution in [3.8, 4) is 0 Å². The molecule has 2 rings (SSSR count). The van der Waals surface area contributed by atoms with Gasteiger partial charge in [0.2, 0.25) is 0 Å². The number of nitrogens with one attached hydrogen (secondary N) is 1. The van der Waals surface area contributed by atoms with Crippen molar-refractivity contribution in [2.75, 3.05) is 5.32 Å². The second-order valence-corrected chi connectivity index (χ2v) is 3.72. The molecule has 0 spiro atoms. The van der Waals surface area contributed by atoms with E-state index in [2.05, 4.69) is 15.3 Å². The molecule has 16 heavy (non-hydrogen) atoms. The topological polar surface area (TPSA) is 37.8 Å². The van der Waals surface area contributed by atoms with Crippen LogP contribution in [0.4, 0.5) is 11.5 Å². The molecule has 0 aliphatic rings. The van der Waals surface area contributed by atoms with Crippen LogP contribution in [0.2, 0.25) is 0 Å². The first kappa shape index (κ1) is 10.9. The molecule has 0 saturated carbocycles. The predicted molar refractivity (Wildman–Crippen MR) is 66.1 cm³/mol. The zero-order valence-corrected chi connectivity index (χ0v) is 9.70. The van der Waals surface area contributed by atoms with Gasteiger partial charge in [-0.25, -0.2) is 9.97 Å². The third-order valence-corrected chi connectivity index (χ3v) is 2.44. The van der Waals surface area contributed by atoms with E-state index >= 15 is 0 Å². The van der Waals surface area contributed by atoms with E-state index in [0.717, 1.165) is 22.9 Å². The monoisotopic (exact) mass is 233 g/mol. The molecule has 0 unspecified atom stereocenters. The Morgan fingerprint density at radius 3 is 2.94 bits per heavy atom. The molecule has 1 heterocycles. The fourth-order valence-electron chi connectivity index (χ4n) is 1.41. The van der Waals surface area contributed by atoms with Crippen molar-refractivity contribution < 1.29 is 0 Å². The second kappa shape index (κ2) is 4.94. The van der Waals surface area contributed by atoms with Gasteiger partial charge in [0.05, 0.1) is 0 Å². The lowest BCUT2D eigenvalue weighted by molar-refractivity contribution is 1.06. The number of hydrogen-bond donors (Lipinski definition) is 1. The molecular weight excluding hydrogens is 222 g/mol. The molecule has 0 saturated heterocycles. The lowest BCUT2D eigenvalue weighted by Gasteiger charge is -2.06. The highest BCUT2D eigenvalue weighted by Crippen LogP contribution is 2.16. The van der Waals surface area contributed by atoms with Crippen molar-refractivity contribution in [1.82, 2.24) is 9.97 Å². The smallest absolute Gasteiger partial charge is 0.134 e. The van der Waals surface area contributed by atoms with Crippen LogP contribution in [-0.4, -0.2) is 9.97 Å². The van der Waals surface area contributed by atoms with E-state index in [1.807, 2.05) is 37.3 Å². The third kappa shape index (κ3) is 2.70. The van der Waals surface area contributed by atoms with Gasteiger partial charge in [0, 0.05) is 17.8 Å². The Morgan fingerprint density at radius 1 is 1.31 bits per heavy atom. The van der Waals surface area contributed by atoms with E-state index in [4.69, 9.17) is 11.6 Å². The van der Waals surface area contributed by atoms with Gasteiger partial charge in [-0.1, -0.05) is 12.1 Å². The van der Waals surface area contributed by atoms with Gasteiger partial charge in [-0.2, -0.15) is 0 Å². The van der Waals surface area contributed by atoms with Crippen LogP contribution in [-0.2, 0) is 5.88 Å². The Kier molecular flexibility index (Phi) is 3.37. The Morgan fingerprint density at radius 2 is 2.19 bits per heavy atom. The Hall–Kier alpha value is -1.61. The second-order valence-electron chi connectivity index (χ2n) is 3.45. The summed E-state index contributed by atoms with van der Waals surface area (Å²) in [7, 11) is 0. The van der Waals surface area contributed by atoms with E-state index in [1.54, 1.807) is 6.20 Å². The van der Waals surface area contributed by atoms with Gasteiger partial charge in [0.1, 0.15) is 11.6 Å². The summed E-state index contributed by atoms with van der Waals surface area (Å²) in [6.45, 7) is 1.86. The zero-order chi connectivity index (χ0) is 11.4. The number of rotatable bonds is 3. The number of halogens is 1. The SMILES string of the molecule is Cc1nccc(Nc2cccc(CCl)c2)n1. The highest BCUT2D eigenvalue weighted by Gasteiger charge is 1.97. The largest absolute Gasteiger partial charge is 0.340 e. The zero-order valence-electron chi connectivity index (χ0n) is 8.94. The van der Waals surface area contributed by atoms with Crippen molar-refractivity contribution >= 4 is 23.1 Å². The number of aromatic nitrogens is 2. The molecule has 0 atom stereocenters. The summed E-state index contributed by atoms with van der Waals surface area (Å²) in [6, 6.07) is 9.77. The molecule has 1 aromatic carbocycles. The summed E-state index contributed by atoms with van der Waals surface area (Å²) in [6.07, 6.45) is 1.73. The maximum Gasteiger partial charge on any atom is 0.134 e. The molecule has 0 amide bonds. The summed E-state index contributed by atoms with van der Waals surface area (Å²) in [4.78, 5) is 8.31. The number of hydrogen-bond acceptors (Lipinski definition) is 3. The Bertz CT molecular complexity index is 485. The molecule has 0 radical (unpaired) electrons. The Balaban J connectivity index is 2.20. The molecule has 0 aliphatic carbocycles. The lowest BCUT2D eigenvalue weighted by atomic mass is 10.2. The average Bonchev–Trinajstić information content (AvgIpc) is 2.29. The van der Waals surface area contributed by atoms with Crippen LogP contribution in [0.15, 0.2) is 36.5 Å². The highest BCUT2D eigenvalue weighted by molar-refractivity contribution is 6.17. The van der Waals surface area contributed by atoms with Crippen LogP contribution >= 0.6 is 11.6 Å². The molecule has 0 aliphatic heterocycles. The number of nitrogens with zero attached hydrogens (tertiary/aromatic N) is 2. The molecule has 1 aromatic heterocycles. The van der Waals surface area contributed by atoms with Gasteiger partial charge in [-0.05, 0) is 30.7 Å². The van der Waals surface area contributed by atoms with E-state index in [-0.39, 0.29) is 0 Å². The van der Waals surface area contributed by atoms with Gasteiger partial charge in [0.15, 0.2) is 0 Å².